The van der Waals surface area contributed by atoms with Crippen LogP contribution in [0.15, 0.2) is 27.8 Å². The van der Waals surface area contributed by atoms with Crippen molar-refractivity contribution in [3.8, 4) is 0 Å². The fourth-order valence-corrected chi connectivity index (χ4v) is 1.40. The van der Waals surface area contributed by atoms with Crippen LogP contribution < -0.4 is 0 Å². The normalized spacial score (nSPS) is 10.6. The van der Waals surface area contributed by atoms with Gasteiger partial charge in [0.15, 0.2) is 5.71 Å². The molecule has 0 fully saturated rings. The van der Waals surface area contributed by atoms with E-state index in [4.69, 9.17) is 10.7 Å². The van der Waals surface area contributed by atoms with Gasteiger partial charge in [0.1, 0.15) is 0 Å². The van der Waals surface area contributed by atoms with Gasteiger partial charge in [-0.25, -0.2) is 0 Å². The Labute approximate surface area is 76.7 Å². The number of carbonyl (C=O) groups excluding carboxylic acids is 1. The third-order valence-corrected chi connectivity index (χ3v) is 2.07. The van der Waals surface area contributed by atoms with Crippen LogP contribution >= 0.6 is 11.3 Å². The maximum Gasteiger partial charge on any atom is 0.272 e. The van der Waals surface area contributed by atoms with Crippen LogP contribution in [0, 0.1) is 0 Å². The minimum absolute atomic E-state index is 0.243. The second-order valence-electron chi connectivity index (χ2n) is 1.92. The van der Waals surface area contributed by atoms with Gasteiger partial charge in [-0.05, 0) is 22.1 Å². The van der Waals surface area contributed by atoms with Crippen LogP contribution in [0.2, 0.25) is 0 Å². The molecule has 1 rings (SSSR count). The van der Waals surface area contributed by atoms with E-state index in [-0.39, 0.29) is 5.71 Å². The Bertz CT molecular complexity index is 377. The smallest absolute Gasteiger partial charge is 0.272 e. The highest BCUT2D eigenvalue weighted by molar-refractivity contribution is 7.13. The van der Waals surface area contributed by atoms with Gasteiger partial charge in [0.2, 0.25) is 0 Å². The first kappa shape index (κ1) is 9.24. The second kappa shape index (κ2) is 4.24. The van der Waals surface area contributed by atoms with Gasteiger partial charge in [0.25, 0.3) is 5.91 Å². The summed E-state index contributed by atoms with van der Waals surface area (Å²) in [6.07, 6.45) is 0. The van der Waals surface area contributed by atoms with Crippen LogP contribution in [0.5, 0.6) is 0 Å². The molecule has 0 atom stereocenters. The first-order valence-electron chi connectivity index (χ1n) is 3.15. The van der Waals surface area contributed by atoms with E-state index >= 15 is 0 Å². The Balaban J connectivity index is 3.01. The fraction of sp³-hybridized carbons (Fsp3) is 0. The third-order valence-electron chi connectivity index (χ3n) is 1.19. The zero-order chi connectivity index (χ0) is 9.68. The zero-order valence-electron chi connectivity index (χ0n) is 6.28. The van der Waals surface area contributed by atoms with E-state index in [9.17, 15) is 4.79 Å². The van der Waals surface area contributed by atoms with Gasteiger partial charge in [0, 0.05) is 4.91 Å². The van der Waals surface area contributed by atoms with Crippen molar-refractivity contribution in [2.45, 2.75) is 0 Å². The summed E-state index contributed by atoms with van der Waals surface area (Å²) < 4.78 is 0. The molecule has 6 nitrogen and oxygen atoms in total. The standard InChI is InChI=1S/C6H4N4O2S/c7-10-8-6(11)5(9-12)4-2-1-3-13-4/h1-3,12H/b9-5+. The lowest BCUT2D eigenvalue weighted by Gasteiger charge is -1.92. The van der Waals surface area contributed by atoms with Gasteiger partial charge in [-0.3, -0.25) is 4.79 Å². The van der Waals surface area contributed by atoms with E-state index in [1.807, 2.05) is 0 Å². The molecule has 0 unspecified atom stereocenters. The van der Waals surface area contributed by atoms with E-state index in [2.05, 4.69) is 15.2 Å². The molecule has 1 aromatic heterocycles. The molecule has 1 aromatic rings. The molecule has 0 aliphatic carbocycles. The Morgan fingerprint density at radius 1 is 1.69 bits per heavy atom. The number of rotatable bonds is 2. The molecular formula is C6H4N4O2S. The molecule has 0 bridgehead atoms. The molecule has 0 spiro atoms. The summed E-state index contributed by atoms with van der Waals surface area (Å²) in [5, 5.41) is 15.8. The molecule has 0 aromatic carbocycles. The summed E-state index contributed by atoms with van der Waals surface area (Å²) in [6.45, 7) is 0. The van der Waals surface area contributed by atoms with E-state index in [0.29, 0.717) is 4.88 Å². The minimum atomic E-state index is -0.896. The summed E-state index contributed by atoms with van der Waals surface area (Å²) in [4.78, 5) is 13.7. The van der Waals surface area contributed by atoms with Crippen molar-refractivity contribution in [1.82, 2.24) is 0 Å². The largest absolute Gasteiger partial charge is 0.410 e. The highest BCUT2D eigenvalue weighted by atomic mass is 32.1. The predicted octanol–water partition coefficient (Wildman–Crippen LogP) is 1.76. The molecule has 1 N–H and O–H groups in total. The highest BCUT2D eigenvalue weighted by Crippen LogP contribution is 2.10. The van der Waals surface area contributed by atoms with E-state index in [1.165, 1.54) is 11.3 Å². The lowest BCUT2D eigenvalue weighted by atomic mass is 10.3. The number of amides is 1. The molecule has 7 heteroatoms. The van der Waals surface area contributed by atoms with Crippen LogP contribution in [-0.4, -0.2) is 16.8 Å². The van der Waals surface area contributed by atoms with Gasteiger partial charge in [-0.2, -0.15) is 0 Å². The van der Waals surface area contributed by atoms with Crippen LogP contribution in [-0.2, 0) is 4.79 Å². The Morgan fingerprint density at radius 2 is 2.46 bits per heavy atom. The van der Waals surface area contributed by atoms with Gasteiger partial charge in [0.05, 0.1) is 4.88 Å². The maximum atomic E-state index is 11.0. The summed E-state index contributed by atoms with van der Waals surface area (Å²) in [5.74, 6) is -0.896. The van der Waals surface area contributed by atoms with Crippen molar-refractivity contribution in [3.05, 3.63) is 32.8 Å². The number of carbonyl (C=O) groups is 1. The molecule has 0 saturated heterocycles. The number of hydrogen-bond acceptors (Lipinski definition) is 4. The Kier molecular flexibility index (Phi) is 3.02. The number of azide groups is 1. The second-order valence-corrected chi connectivity index (χ2v) is 2.87. The first-order valence-corrected chi connectivity index (χ1v) is 4.03. The molecular weight excluding hydrogens is 192 g/mol. The molecule has 13 heavy (non-hydrogen) atoms. The fourth-order valence-electron chi connectivity index (χ4n) is 0.699. The van der Waals surface area contributed by atoms with Crippen molar-refractivity contribution >= 4 is 23.0 Å². The lowest BCUT2D eigenvalue weighted by Crippen LogP contribution is -2.10. The van der Waals surface area contributed by atoms with Gasteiger partial charge in [-0.15, -0.1) is 11.3 Å². The summed E-state index contributed by atoms with van der Waals surface area (Å²) in [6, 6.07) is 3.28. The molecule has 0 saturated carbocycles. The van der Waals surface area contributed by atoms with E-state index < -0.39 is 5.91 Å². The molecule has 0 radical (unpaired) electrons. The predicted molar refractivity (Wildman–Crippen MR) is 46.8 cm³/mol. The zero-order valence-corrected chi connectivity index (χ0v) is 7.10. The first-order chi connectivity index (χ1) is 6.29. The molecule has 0 aliphatic rings. The van der Waals surface area contributed by atoms with E-state index in [0.717, 1.165) is 0 Å². The topological polar surface area (TPSA) is 98.4 Å². The number of oxime groups is 1. The Hall–Kier alpha value is -1.85. The SMILES string of the molecule is [N-]=[N+]=NC(=O)/C(=N/O)c1cccs1. The maximum absolute atomic E-state index is 11.0. The quantitative estimate of drug-likeness (QED) is 0.195. The number of thiophene rings is 1. The van der Waals surface area contributed by atoms with Crippen LogP contribution in [0.1, 0.15) is 4.88 Å². The van der Waals surface area contributed by atoms with E-state index in [1.54, 1.807) is 17.5 Å². The van der Waals surface area contributed by atoms with Gasteiger partial charge in [-0.1, -0.05) is 11.2 Å². The van der Waals surface area contributed by atoms with Crippen LogP contribution in [0.4, 0.5) is 0 Å². The van der Waals surface area contributed by atoms with Crippen molar-refractivity contribution in [2.75, 3.05) is 0 Å². The number of nitrogens with zero attached hydrogens (tertiary/aromatic N) is 4. The van der Waals surface area contributed by atoms with Crippen LogP contribution in [0.3, 0.4) is 0 Å². The summed E-state index contributed by atoms with van der Waals surface area (Å²) in [7, 11) is 0. The third kappa shape index (κ3) is 2.05. The van der Waals surface area contributed by atoms with Crippen molar-refractivity contribution in [2.24, 2.45) is 10.3 Å². The van der Waals surface area contributed by atoms with Crippen molar-refractivity contribution in [1.29, 1.82) is 0 Å². The average molecular weight is 196 g/mol. The number of hydrogen-bond donors (Lipinski definition) is 1. The molecule has 1 heterocycles. The van der Waals surface area contributed by atoms with Crippen molar-refractivity contribution < 1.29 is 10.0 Å². The molecule has 1 amide bonds. The summed E-state index contributed by atoms with van der Waals surface area (Å²) in [5.41, 5.74) is 7.74. The average Bonchev–Trinajstić information content (AvgIpc) is 2.59. The Morgan fingerprint density at radius 3 is 2.92 bits per heavy atom. The van der Waals surface area contributed by atoms with Gasteiger partial charge >= 0.3 is 0 Å². The molecule has 66 valence electrons. The summed E-state index contributed by atoms with van der Waals surface area (Å²) >= 11 is 1.21. The highest BCUT2D eigenvalue weighted by Gasteiger charge is 2.13. The van der Waals surface area contributed by atoms with Crippen LogP contribution in [0.25, 0.3) is 10.4 Å². The van der Waals surface area contributed by atoms with Crippen molar-refractivity contribution in [3.63, 3.8) is 0 Å². The molecule has 0 aliphatic heterocycles. The minimum Gasteiger partial charge on any atom is -0.410 e. The van der Waals surface area contributed by atoms with Gasteiger partial charge < -0.3 is 5.21 Å². The monoisotopic (exact) mass is 196 g/mol. The lowest BCUT2D eigenvalue weighted by molar-refractivity contribution is -0.112.